The normalized spacial score (nSPS) is 30.8. The summed E-state index contributed by atoms with van der Waals surface area (Å²) in [6.07, 6.45) is -0.368. The van der Waals surface area contributed by atoms with Crippen molar-refractivity contribution in [1.82, 2.24) is 0 Å². The number of cyclic esters (lactones) is 1. The molecule has 1 aliphatic heterocycles. The van der Waals surface area contributed by atoms with Gasteiger partial charge in [-0.2, -0.15) is 0 Å². The van der Waals surface area contributed by atoms with E-state index in [1.165, 1.54) is 0 Å². The monoisotopic (exact) mass is 116 g/mol. The van der Waals surface area contributed by atoms with Crippen molar-refractivity contribution in [3.8, 4) is 0 Å². The Morgan fingerprint density at radius 1 is 2.00 bits per heavy atom. The lowest BCUT2D eigenvalue weighted by atomic mass is 10.1. The minimum Gasteiger partial charge on any atom is -0.459 e. The molecule has 1 fully saturated rings. The third-order valence-electron chi connectivity index (χ3n) is 1.19. The Morgan fingerprint density at radius 3 is 2.62 bits per heavy atom. The number of hydrogen-bond donors (Lipinski definition) is 1. The highest BCUT2D eigenvalue weighted by Gasteiger charge is 2.31. The summed E-state index contributed by atoms with van der Waals surface area (Å²) in [5.74, 6) is -0.212. The van der Waals surface area contributed by atoms with E-state index in [4.69, 9.17) is 5.11 Å². The number of carbonyl (C=O) groups is 1. The van der Waals surface area contributed by atoms with Crippen LogP contribution in [-0.4, -0.2) is 23.3 Å². The zero-order valence-electron chi connectivity index (χ0n) is 4.63. The molecule has 2 atom stereocenters. The molecule has 0 aromatic carbocycles. The van der Waals surface area contributed by atoms with E-state index in [9.17, 15) is 4.79 Å². The van der Waals surface area contributed by atoms with Gasteiger partial charge in [0.1, 0.15) is 6.10 Å². The van der Waals surface area contributed by atoms with Crippen molar-refractivity contribution in [3.63, 3.8) is 0 Å². The van der Waals surface area contributed by atoms with Gasteiger partial charge in [-0.3, -0.25) is 4.79 Å². The van der Waals surface area contributed by atoms with Gasteiger partial charge in [0.15, 0.2) is 0 Å². The van der Waals surface area contributed by atoms with Crippen molar-refractivity contribution in [2.75, 3.05) is 0 Å². The van der Waals surface area contributed by atoms with E-state index in [1.54, 1.807) is 6.92 Å². The minimum atomic E-state index is -0.507. The second-order valence-corrected chi connectivity index (χ2v) is 1.97. The van der Waals surface area contributed by atoms with Gasteiger partial charge in [-0.25, -0.2) is 0 Å². The smallest absolute Gasteiger partial charge is 0.310 e. The SMILES string of the molecule is CC(O)C1CC(=O)O1. The molecule has 3 heteroatoms. The van der Waals surface area contributed by atoms with Crippen LogP contribution in [-0.2, 0) is 9.53 Å². The molecular weight excluding hydrogens is 108 g/mol. The summed E-state index contributed by atoms with van der Waals surface area (Å²) in [5.41, 5.74) is 0. The summed E-state index contributed by atoms with van der Waals surface area (Å²) in [4.78, 5) is 10.1. The van der Waals surface area contributed by atoms with Crippen molar-refractivity contribution in [1.29, 1.82) is 0 Å². The standard InChI is InChI=1S/C5H8O3/c1-3(6)4-2-5(7)8-4/h3-4,6H,2H2,1H3. The van der Waals surface area contributed by atoms with Crippen LogP contribution in [0.4, 0.5) is 0 Å². The van der Waals surface area contributed by atoms with Crippen LogP contribution in [0.15, 0.2) is 0 Å². The predicted octanol–water partition coefficient (Wildman–Crippen LogP) is -0.317. The number of carbonyl (C=O) groups excluding carboxylic acids is 1. The maximum absolute atomic E-state index is 10.1. The molecule has 0 spiro atoms. The number of hydrogen-bond acceptors (Lipinski definition) is 3. The predicted molar refractivity (Wildman–Crippen MR) is 26.2 cm³/mol. The number of rotatable bonds is 1. The lowest BCUT2D eigenvalue weighted by Crippen LogP contribution is -2.40. The summed E-state index contributed by atoms with van der Waals surface area (Å²) >= 11 is 0. The first-order valence-corrected chi connectivity index (χ1v) is 2.57. The van der Waals surface area contributed by atoms with Crippen molar-refractivity contribution in [2.24, 2.45) is 0 Å². The molecule has 0 aliphatic carbocycles. The maximum Gasteiger partial charge on any atom is 0.310 e. The van der Waals surface area contributed by atoms with E-state index in [2.05, 4.69) is 4.74 Å². The first-order chi connectivity index (χ1) is 3.70. The van der Waals surface area contributed by atoms with Crippen molar-refractivity contribution in [2.45, 2.75) is 25.6 Å². The van der Waals surface area contributed by atoms with E-state index in [-0.39, 0.29) is 12.1 Å². The molecule has 8 heavy (non-hydrogen) atoms. The largest absolute Gasteiger partial charge is 0.459 e. The summed E-state index contributed by atoms with van der Waals surface area (Å²) in [6.45, 7) is 1.61. The molecule has 1 saturated heterocycles. The molecule has 1 heterocycles. The number of ether oxygens (including phenoxy) is 1. The van der Waals surface area contributed by atoms with Gasteiger partial charge in [0.05, 0.1) is 12.5 Å². The Labute approximate surface area is 47.3 Å². The fraction of sp³-hybridized carbons (Fsp3) is 0.800. The van der Waals surface area contributed by atoms with Crippen molar-refractivity contribution < 1.29 is 14.6 Å². The highest BCUT2D eigenvalue weighted by atomic mass is 16.6. The third kappa shape index (κ3) is 0.816. The number of esters is 1. The van der Waals surface area contributed by atoms with Crippen LogP contribution in [0.5, 0.6) is 0 Å². The first kappa shape index (κ1) is 5.56. The lowest BCUT2D eigenvalue weighted by Gasteiger charge is -2.27. The van der Waals surface area contributed by atoms with E-state index in [0.29, 0.717) is 6.42 Å². The van der Waals surface area contributed by atoms with Gasteiger partial charge in [0.2, 0.25) is 0 Å². The fourth-order valence-electron chi connectivity index (χ4n) is 0.593. The van der Waals surface area contributed by atoms with Crippen LogP contribution in [0.3, 0.4) is 0 Å². The van der Waals surface area contributed by atoms with Gasteiger partial charge in [-0.15, -0.1) is 0 Å². The Balaban J connectivity index is 2.25. The molecule has 0 bridgehead atoms. The summed E-state index contributed by atoms with van der Waals surface area (Å²) in [6, 6.07) is 0. The van der Waals surface area contributed by atoms with E-state index < -0.39 is 6.10 Å². The molecule has 1 rings (SSSR count). The molecule has 1 aliphatic rings. The molecular formula is C5H8O3. The average molecular weight is 116 g/mol. The first-order valence-electron chi connectivity index (χ1n) is 2.57. The Morgan fingerprint density at radius 2 is 2.50 bits per heavy atom. The summed E-state index contributed by atoms with van der Waals surface area (Å²) in [5, 5.41) is 8.71. The van der Waals surface area contributed by atoms with Crippen molar-refractivity contribution >= 4 is 5.97 Å². The summed E-state index contributed by atoms with van der Waals surface area (Å²) in [7, 11) is 0. The van der Waals surface area contributed by atoms with Gasteiger partial charge in [0.25, 0.3) is 0 Å². The topological polar surface area (TPSA) is 46.5 Å². The molecule has 1 N–H and O–H groups in total. The van der Waals surface area contributed by atoms with Gasteiger partial charge >= 0.3 is 5.97 Å². The highest BCUT2D eigenvalue weighted by Crippen LogP contribution is 2.15. The molecule has 46 valence electrons. The zero-order chi connectivity index (χ0) is 6.15. The molecule has 2 unspecified atom stereocenters. The van der Waals surface area contributed by atoms with Gasteiger partial charge < -0.3 is 9.84 Å². The molecule has 3 nitrogen and oxygen atoms in total. The van der Waals surface area contributed by atoms with Crippen LogP contribution in [0.25, 0.3) is 0 Å². The van der Waals surface area contributed by atoms with Gasteiger partial charge in [-0.05, 0) is 6.92 Å². The fourth-order valence-corrected chi connectivity index (χ4v) is 0.593. The quantitative estimate of drug-likeness (QED) is 0.478. The lowest BCUT2D eigenvalue weighted by molar-refractivity contribution is -0.179. The maximum atomic E-state index is 10.1. The van der Waals surface area contributed by atoms with Crippen LogP contribution in [0, 0.1) is 0 Å². The second kappa shape index (κ2) is 1.74. The Kier molecular flexibility index (Phi) is 1.21. The summed E-state index contributed by atoms with van der Waals surface area (Å²) < 4.78 is 4.51. The van der Waals surface area contributed by atoms with Gasteiger partial charge in [0, 0.05) is 0 Å². The minimum absolute atomic E-state index is 0.212. The van der Waals surface area contributed by atoms with Crippen LogP contribution < -0.4 is 0 Å². The molecule has 0 radical (unpaired) electrons. The molecule has 0 aromatic heterocycles. The highest BCUT2D eigenvalue weighted by molar-refractivity contribution is 5.75. The van der Waals surface area contributed by atoms with E-state index in [0.717, 1.165) is 0 Å². The molecule has 0 amide bonds. The molecule has 0 aromatic rings. The Bertz CT molecular complexity index is 100. The van der Waals surface area contributed by atoms with Gasteiger partial charge in [-0.1, -0.05) is 0 Å². The van der Waals surface area contributed by atoms with Crippen LogP contribution in [0.1, 0.15) is 13.3 Å². The number of aliphatic hydroxyl groups excluding tert-OH is 1. The van der Waals surface area contributed by atoms with Crippen LogP contribution in [0.2, 0.25) is 0 Å². The van der Waals surface area contributed by atoms with Crippen molar-refractivity contribution in [3.05, 3.63) is 0 Å². The Hall–Kier alpha value is -0.570. The molecule has 0 saturated carbocycles. The second-order valence-electron chi connectivity index (χ2n) is 1.97. The zero-order valence-corrected chi connectivity index (χ0v) is 4.63. The average Bonchev–Trinajstić information content (AvgIpc) is 1.57. The number of aliphatic hydroxyl groups is 1. The van der Waals surface area contributed by atoms with Crippen LogP contribution >= 0.6 is 0 Å². The van der Waals surface area contributed by atoms with E-state index >= 15 is 0 Å². The third-order valence-corrected chi connectivity index (χ3v) is 1.19. The van der Waals surface area contributed by atoms with E-state index in [1.807, 2.05) is 0 Å².